The summed E-state index contributed by atoms with van der Waals surface area (Å²) in [6.45, 7) is 2.40. The minimum absolute atomic E-state index is 0.0932. The van der Waals surface area contributed by atoms with E-state index < -0.39 is 0 Å². The Kier molecular flexibility index (Phi) is 3.19. The molecule has 0 saturated heterocycles. The molecule has 0 unspecified atom stereocenters. The Morgan fingerprint density at radius 2 is 2.30 bits per heavy atom. The van der Waals surface area contributed by atoms with E-state index in [9.17, 15) is 10.1 Å². The molecule has 0 amide bonds. The number of nitro groups is 1. The quantitative estimate of drug-likeness (QED) is 0.662. The molecule has 1 aliphatic rings. The monoisotopic (exact) mass is 273 g/mol. The molecule has 0 spiro atoms. The van der Waals surface area contributed by atoms with Crippen LogP contribution in [0, 0.1) is 17.0 Å². The van der Waals surface area contributed by atoms with Gasteiger partial charge in [-0.25, -0.2) is 4.68 Å². The lowest BCUT2D eigenvalue weighted by Gasteiger charge is -2.02. The number of nitrogens with one attached hydrogen (secondary N) is 1. The van der Waals surface area contributed by atoms with Crippen molar-refractivity contribution in [1.29, 1.82) is 0 Å². The first-order valence-electron chi connectivity index (χ1n) is 6.53. The first-order chi connectivity index (χ1) is 9.63. The van der Waals surface area contributed by atoms with Gasteiger partial charge in [0.05, 0.1) is 22.5 Å². The summed E-state index contributed by atoms with van der Waals surface area (Å²) in [6, 6.07) is 5.65. The van der Waals surface area contributed by atoms with Crippen LogP contribution in [-0.2, 0) is 6.54 Å². The van der Waals surface area contributed by atoms with E-state index in [2.05, 4.69) is 15.6 Å². The van der Waals surface area contributed by atoms with Crippen LogP contribution in [0.1, 0.15) is 24.1 Å². The number of benzene rings is 1. The lowest BCUT2D eigenvalue weighted by Crippen LogP contribution is -2.15. The van der Waals surface area contributed by atoms with E-state index in [-0.39, 0.29) is 10.6 Å². The molecular formula is C13H15N5O2. The van der Waals surface area contributed by atoms with E-state index in [1.807, 2.05) is 0 Å². The number of nitro benzene ring substituents is 1. The summed E-state index contributed by atoms with van der Waals surface area (Å²) in [7, 11) is 0. The van der Waals surface area contributed by atoms with Crippen molar-refractivity contribution >= 4 is 5.69 Å². The average Bonchev–Trinajstić information content (AvgIpc) is 3.14. The maximum Gasteiger partial charge on any atom is 0.274 e. The zero-order chi connectivity index (χ0) is 14.1. The maximum atomic E-state index is 10.9. The van der Waals surface area contributed by atoms with Gasteiger partial charge in [0.15, 0.2) is 0 Å². The summed E-state index contributed by atoms with van der Waals surface area (Å²) < 4.78 is 1.57. The second-order valence-corrected chi connectivity index (χ2v) is 5.04. The summed E-state index contributed by atoms with van der Waals surface area (Å²) in [4.78, 5) is 10.6. The third-order valence-corrected chi connectivity index (χ3v) is 3.34. The summed E-state index contributed by atoms with van der Waals surface area (Å²) in [6.07, 6.45) is 4.24. The van der Waals surface area contributed by atoms with Crippen LogP contribution in [0.5, 0.6) is 0 Å². The Labute approximate surface area is 115 Å². The van der Waals surface area contributed by atoms with Crippen molar-refractivity contribution < 1.29 is 4.92 Å². The van der Waals surface area contributed by atoms with Gasteiger partial charge in [0.1, 0.15) is 0 Å². The fraction of sp³-hybridized carbons (Fsp3) is 0.385. The summed E-state index contributed by atoms with van der Waals surface area (Å²) in [5.41, 5.74) is 2.21. The molecule has 0 radical (unpaired) electrons. The third-order valence-electron chi connectivity index (χ3n) is 3.34. The molecule has 1 N–H and O–H groups in total. The molecule has 1 aromatic carbocycles. The van der Waals surface area contributed by atoms with Crippen LogP contribution in [0.2, 0.25) is 0 Å². The third kappa shape index (κ3) is 2.67. The molecule has 1 heterocycles. The van der Waals surface area contributed by atoms with Gasteiger partial charge in [-0.05, 0) is 25.8 Å². The van der Waals surface area contributed by atoms with Gasteiger partial charge in [0.2, 0.25) is 0 Å². The normalized spacial score (nSPS) is 14.4. The summed E-state index contributed by atoms with van der Waals surface area (Å²) >= 11 is 0. The maximum absolute atomic E-state index is 10.9. The van der Waals surface area contributed by atoms with Crippen LogP contribution in [0.4, 0.5) is 5.69 Å². The molecule has 1 aromatic heterocycles. The van der Waals surface area contributed by atoms with E-state index in [4.69, 9.17) is 0 Å². The highest BCUT2D eigenvalue weighted by Crippen LogP contribution is 2.22. The van der Waals surface area contributed by atoms with Gasteiger partial charge >= 0.3 is 0 Å². The highest BCUT2D eigenvalue weighted by atomic mass is 16.6. The van der Waals surface area contributed by atoms with Gasteiger partial charge < -0.3 is 5.32 Å². The van der Waals surface area contributed by atoms with Crippen LogP contribution in [0.15, 0.2) is 24.4 Å². The molecule has 3 rings (SSSR count). The van der Waals surface area contributed by atoms with E-state index in [0.717, 1.165) is 5.69 Å². The van der Waals surface area contributed by atoms with Gasteiger partial charge in [-0.15, -0.1) is 5.10 Å². The Morgan fingerprint density at radius 1 is 1.50 bits per heavy atom. The SMILES string of the molecule is Cc1ccc(-n2cc(CNC3CC3)nn2)cc1[N+](=O)[O-]. The predicted molar refractivity (Wildman–Crippen MR) is 72.6 cm³/mol. The Morgan fingerprint density at radius 3 is 3.00 bits per heavy atom. The molecule has 1 aliphatic carbocycles. The van der Waals surface area contributed by atoms with Crippen molar-refractivity contribution in [2.75, 3.05) is 0 Å². The molecular weight excluding hydrogens is 258 g/mol. The van der Waals surface area contributed by atoms with E-state index in [1.165, 1.54) is 18.9 Å². The summed E-state index contributed by atoms with van der Waals surface area (Å²) in [5.74, 6) is 0. The van der Waals surface area contributed by atoms with E-state index in [1.54, 1.807) is 29.9 Å². The molecule has 1 fully saturated rings. The molecule has 2 aromatic rings. The Hall–Kier alpha value is -2.28. The zero-order valence-corrected chi connectivity index (χ0v) is 11.1. The fourth-order valence-electron chi connectivity index (χ4n) is 1.98. The fourth-order valence-corrected chi connectivity index (χ4v) is 1.98. The van der Waals surface area contributed by atoms with Crippen molar-refractivity contribution in [3.8, 4) is 5.69 Å². The lowest BCUT2D eigenvalue weighted by atomic mass is 10.2. The van der Waals surface area contributed by atoms with Gasteiger partial charge in [0, 0.05) is 24.2 Å². The number of rotatable bonds is 5. The number of hydrogen-bond donors (Lipinski definition) is 1. The second-order valence-electron chi connectivity index (χ2n) is 5.04. The van der Waals surface area contributed by atoms with Gasteiger partial charge in [-0.2, -0.15) is 0 Å². The first kappa shape index (κ1) is 12.7. The van der Waals surface area contributed by atoms with Crippen molar-refractivity contribution in [1.82, 2.24) is 20.3 Å². The van der Waals surface area contributed by atoms with Crippen LogP contribution < -0.4 is 5.32 Å². The average molecular weight is 273 g/mol. The molecule has 7 nitrogen and oxygen atoms in total. The number of nitrogens with zero attached hydrogens (tertiary/aromatic N) is 4. The predicted octanol–water partition coefficient (Wildman–Crippen LogP) is 1.74. The molecule has 0 atom stereocenters. The molecule has 0 aliphatic heterocycles. The zero-order valence-electron chi connectivity index (χ0n) is 11.1. The first-order valence-corrected chi connectivity index (χ1v) is 6.53. The summed E-state index contributed by atoms with van der Waals surface area (Å²) in [5, 5.41) is 22.4. The molecule has 1 saturated carbocycles. The standard InChI is InChI=1S/C13H15N5O2/c1-9-2-5-12(6-13(9)18(19)20)17-8-11(15-16-17)7-14-10-3-4-10/h2,5-6,8,10,14H,3-4,7H2,1H3. The molecule has 20 heavy (non-hydrogen) atoms. The van der Waals surface area contributed by atoms with Crippen molar-refractivity contribution in [3.05, 3.63) is 45.8 Å². The minimum atomic E-state index is -0.384. The molecule has 0 bridgehead atoms. The molecule has 104 valence electrons. The van der Waals surface area contributed by atoms with Crippen LogP contribution >= 0.6 is 0 Å². The van der Waals surface area contributed by atoms with Crippen LogP contribution in [0.3, 0.4) is 0 Å². The van der Waals surface area contributed by atoms with Gasteiger partial charge in [-0.1, -0.05) is 11.3 Å². The highest BCUT2D eigenvalue weighted by molar-refractivity contribution is 5.48. The topological polar surface area (TPSA) is 85.9 Å². The number of hydrogen-bond acceptors (Lipinski definition) is 5. The smallest absolute Gasteiger partial charge is 0.274 e. The Bertz CT molecular complexity index is 648. The number of aryl methyl sites for hydroxylation is 1. The van der Waals surface area contributed by atoms with Crippen molar-refractivity contribution in [2.24, 2.45) is 0 Å². The van der Waals surface area contributed by atoms with Crippen molar-refractivity contribution in [2.45, 2.75) is 32.4 Å². The highest BCUT2D eigenvalue weighted by Gasteiger charge is 2.20. The van der Waals surface area contributed by atoms with Crippen LogP contribution in [0.25, 0.3) is 5.69 Å². The van der Waals surface area contributed by atoms with Crippen LogP contribution in [-0.4, -0.2) is 26.0 Å². The molecule has 7 heteroatoms. The lowest BCUT2D eigenvalue weighted by molar-refractivity contribution is -0.385. The second kappa shape index (κ2) is 5.01. The van der Waals surface area contributed by atoms with Crippen molar-refractivity contribution in [3.63, 3.8) is 0 Å². The largest absolute Gasteiger partial charge is 0.308 e. The minimum Gasteiger partial charge on any atom is -0.308 e. The van der Waals surface area contributed by atoms with Gasteiger partial charge in [-0.3, -0.25) is 10.1 Å². The van der Waals surface area contributed by atoms with E-state index in [0.29, 0.717) is 23.8 Å². The number of aromatic nitrogens is 3. The van der Waals surface area contributed by atoms with Gasteiger partial charge in [0.25, 0.3) is 5.69 Å². The van der Waals surface area contributed by atoms with E-state index >= 15 is 0 Å². The Balaban J connectivity index is 1.81.